The van der Waals surface area contributed by atoms with Gasteiger partial charge in [-0.3, -0.25) is 14.5 Å². The number of hydrogen-bond donors (Lipinski definition) is 2. The van der Waals surface area contributed by atoms with Crippen molar-refractivity contribution in [3.63, 3.8) is 0 Å². The van der Waals surface area contributed by atoms with E-state index < -0.39 is 11.9 Å². The number of pyridine rings is 1. The fourth-order valence-electron chi connectivity index (χ4n) is 3.46. The molecule has 0 spiro atoms. The van der Waals surface area contributed by atoms with Gasteiger partial charge >= 0.3 is 0 Å². The van der Waals surface area contributed by atoms with Crippen LogP contribution in [0.4, 0.5) is 5.82 Å². The van der Waals surface area contributed by atoms with E-state index in [1.807, 2.05) is 4.90 Å². The van der Waals surface area contributed by atoms with Crippen molar-refractivity contribution < 1.29 is 14.3 Å². The number of morpholine rings is 1. The molecule has 0 aromatic carbocycles. The molecule has 1 atom stereocenters. The Kier molecular flexibility index (Phi) is 6.05. The number of nitrogens with zero attached hydrogens (tertiary/aromatic N) is 3. The van der Waals surface area contributed by atoms with E-state index in [1.165, 1.54) is 0 Å². The molecule has 2 fully saturated rings. The first-order valence-corrected chi connectivity index (χ1v) is 9.17. The van der Waals surface area contributed by atoms with Crippen molar-refractivity contribution in [2.45, 2.75) is 31.8 Å². The lowest BCUT2D eigenvalue weighted by molar-refractivity contribution is -0.118. The van der Waals surface area contributed by atoms with Crippen molar-refractivity contribution in [1.29, 1.82) is 0 Å². The molecule has 2 amide bonds. The molecule has 1 aromatic rings. The van der Waals surface area contributed by atoms with Gasteiger partial charge in [0, 0.05) is 38.4 Å². The second-order valence-electron chi connectivity index (χ2n) is 6.87. The summed E-state index contributed by atoms with van der Waals surface area (Å²) >= 11 is 0. The van der Waals surface area contributed by atoms with Crippen LogP contribution in [-0.2, 0) is 9.53 Å². The molecule has 1 unspecified atom stereocenters. The monoisotopic (exact) mass is 361 g/mol. The van der Waals surface area contributed by atoms with Crippen molar-refractivity contribution >= 4 is 17.6 Å². The summed E-state index contributed by atoms with van der Waals surface area (Å²) in [7, 11) is 0. The Morgan fingerprint density at radius 2 is 1.92 bits per heavy atom. The minimum absolute atomic E-state index is 0.00688. The van der Waals surface area contributed by atoms with Crippen molar-refractivity contribution in [2.75, 3.05) is 44.7 Å². The maximum Gasteiger partial charge on any atom is 0.255 e. The summed E-state index contributed by atoms with van der Waals surface area (Å²) in [5, 5.41) is 2.90. The van der Waals surface area contributed by atoms with E-state index in [9.17, 15) is 9.59 Å². The largest absolute Gasteiger partial charge is 0.379 e. The van der Waals surface area contributed by atoms with Gasteiger partial charge in [0.1, 0.15) is 11.9 Å². The zero-order chi connectivity index (χ0) is 18.5. The normalized spacial score (nSPS) is 20.6. The van der Waals surface area contributed by atoms with Gasteiger partial charge < -0.3 is 20.7 Å². The van der Waals surface area contributed by atoms with Crippen LogP contribution in [0.25, 0.3) is 0 Å². The molecule has 8 heteroatoms. The van der Waals surface area contributed by atoms with Crippen LogP contribution in [0.2, 0.25) is 0 Å². The number of primary amides is 1. The number of anilines is 1. The van der Waals surface area contributed by atoms with Gasteiger partial charge in [0.25, 0.3) is 5.91 Å². The van der Waals surface area contributed by atoms with Gasteiger partial charge in [0.2, 0.25) is 5.91 Å². The van der Waals surface area contributed by atoms with Crippen LogP contribution in [0.5, 0.6) is 0 Å². The minimum atomic E-state index is -0.511. The summed E-state index contributed by atoms with van der Waals surface area (Å²) in [6, 6.07) is 3.47. The molecule has 142 valence electrons. The number of nitrogens with two attached hydrogens (primary N) is 1. The lowest BCUT2D eigenvalue weighted by atomic mass is 10.0. The van der Waals surface area contributed by atoms with Gasteiger partial charge in [-0.05, 0) is 31.9 Å². The highest BCUT2D eigenvalue weighted by atomic mass is 16.5. The van der Waals surface area contributed by atoms with Gasteiger partial charge in [-0.2, -0.15) is 0 Å². The van der Waals surface area contributed by atoms with Gasteiger partial charge in [-0.25, -0.2) is 4.98 Å². The van der Waals surface area contributed by atoms with E-state index in [0.29, 0.717) is 17.4 Å². The second kappa shape index (κ2) is 8.46. The molecular formula is C18H27N5O3. The van der Waals surface area contributed by atoms with E-state index in [-0.39, 0.29) is 5.91 Å². The Morgan fingerprint density at radius 3 is 2.50 bits per heavy atom. The van der Waals surface area contributed by atoms with E-state index in [2.05, 4.69) is 15.2 Å². The quantitative estimate of drug-likeness (QED) is 0.783. The maximum absolute atomic E-state index is 12.7. The van der Waals surface area contributed by atoms with Crippen molar-refractivity contribution in [1.82, 2.24) is 14.8 Å². The van der Waals surface area contributed by atoms with E-state index >= 15 is 0 Å². The molecule has 2 saturated heterocycles. The van der Waals surface area contributed by atoms with Crippen LogP contribution in [-0.4, -0.2) is 78.1 Å². The summed E-state index contributed by atoms with van der Waals surface area (Å²) in [6.45, 7) is 6.78. The van der Waals surface area contributed by atoms with Crippen LogP contribution in [0.3, 0.4) is 0 Å². The molecule has 2 aliphatic heterocycles. The Balaban J connectivity index is 1.52. The van der Waals surface area contributed by atoms with E-state index in [4.69, 9.17) is 10.5 Å². The van der Waals surface area contributed by atoms with E-state index in [0.717, 1.165) is 52.2 Å². The number of ether oxygens (including phenoxy) is 1. The van der Waals surface area contributed by atoms with Crippen molar-refractivity contribution in [3.05, 3.63) is 23.9 Å². The highest BCUT2D eigenvalue weighted by Crippen LogP contribution is 2.19. The Hall–Kier alpha value is -2.19. The molecule has 3 N–H and O–H groups in total. The SMILES string of the molecule is CC(Nc1ccc(C(=O)N2CCC(N3CCOCC3)CC2)cn1)C(N)=O. The molecule has 3 rings (SSSR count). The number of carbonyl (C=O) groups excluding carboxylic acids is 2. The number of rotatable bonds is 5. The van der Waals surface area contributed by atoms with Crippen LogP contribution in [0.1, 0.15) is 30.1 Å². The minimum Gasteiger partial charge on any atom is -0.379 e. The van der Waals surface area contributed by atoms with Gasteiger partial charge in [-0.15, -0.1) is 0 Å². The number of likely N-dealkylation sites (tertiary alicyclic amines) is 1. The van der Waals surface area contributed by atoms with E-state index in [1.54, 1.807) is 25.3 Å². The molecule has 2 aliphatic rings. The molecular weight excluding hydrogens is 334 g/mol. The first kappa shape index (κ1) is 18.6. The number of piperidine rings is 1. The van der Waals surface area contributed by atoms with Gasteiger partial charge in [0.15, 0.2) is 0 Å². The average Bonchev–Trinajstić information content (AvgIpc) is 2.69. The number of carbonyl (C=O) groups is 2. The highest BCUT2D eigenvalue weighted by Gasteiger charge is 2.28. The molecule has 3 heterocycles. The maximum atomic E-state index is 12.7. The Labute approximate surface area is 153 Å². The zero-order valence-electron chi connectivity index (χ0n) is 15.2. The summed E-state index contributed by atoms with van der Waals surface area (Å²) in [6.07, 6.45) is 3.54. The average molecular weight is 361 g/mol. The molecule has 8 nitrogen and oxygen atoms in total. The summed E-state index contributed by atoms with van der Waals surface area (Å²) < 4.78 is 5.41. The lowest BCUT2D eigenvalue weighted by Gasteiger charge is -2.40. The van der Waals surface area contributed by atoms with Crippen molar-refractivity contribution in [2.24, 2.45) is 5.73 Å². The molecule has 0 radical (unpaired) electrons. The fourth-order valence-corrected chi connectivity index (χ4v) is 3.46. The molecule has 0 bridgehead atoms. The summed E-state index contributed by atoms with van der Waals surface area (Å²) in [5.74, 6) is 0.0846. The predicted octanol–water partition coefficient (Wildman–Crippen LogP) is 0.304. The topological polar surface area (TPSA) is 101 Å². The first-order valence-electron chi connectivity index (χ1n) is 9.17. The smallest absolute Gasteiger partial charge is 0.255 e. The highest BCUT2D eigenvalue weighted by molar-refractivity contribution is 5.94. The number of aromatic nitrogens is 1. The summed E-state index contributed by atoms with van der Waals surface area (Å²) in [4.78, 5) is 32.4. The lowest BCUT2D eigenvalue weighted by Crippen LogP contribution is -2.50. The third-order valence-corrected chi connectivity index (χ3v) is 5.12. The standard InChI is InChI=1S/C18H27N5O3/c1-13(17(19)24)21-16-3-2-14(12-20-16)18(25)23-6-4-15(5-7-23)22-8-10-26-11-9-22/h2-3,12-13,15H,4-11H2,1H3,(H2,19,24)(H,20,21). The Morgan fingerprint density at radius 1 is 1.23 bits per heavy atom. The molecule has 1 aromatic heterocycles. The molecule has 26 heavy (non-hydrogen) atoms. The Bertz CT molecular complexity index is 622. The third kappa shape index (κ3) is 4.50. The predicted molar refractivity (Wildman–Crippen MR) is 97.8 cm³/mol. The molecule has 0 aliphatic carbocycles. The van der Waals surface area contributed by atoms with Crippen LogP contribution >= 0.6 is 0 Å². The summed E-state index contributed by atoms with van der Waals surface area (Å²) in [5.41, 5.74) is 5.79. The fraction of sp³-hybridized carbons (Fsp3) is 0.611. The van der Waals surface area contributed by atoms with Crippen LogP contribution in [0.15, 0.2) is 18.3 Å². The third-order valence-electron chi connectivity index (χ3n) is 5.12. The second-order valence-corrected chi connectivity index (χ2v) is 6.87. The number of nitrogens with one attached hydrogen (secondary N) is 1. The van der Waals surface area contributed by atoms with Crippen LogP contribution in [0, 0.1) is 0 Å². The van der Waals surface area contributed by atoms with Gasteiger partial charge in [0.05, 0.1) is 18.8 Å². The first-order chi connectivity index (χ1) is 12.5. The number of hydrogen-bond acceptors (Lipinski definition) is 6. The van der Waals surface area contributed by atoms with Crippen LogP contribution < -0.4 is 11.1 Å². The number of amides is 2. The molecule has 0 saturated carbocycles. The van der Waals surface area contributed by atoms with Gasteiger partial charge in [-0.1, -0.05) is 0 Å². The van der Waals surface area contributed by atoms with Crippen molar-refractivity contribution in [3.8, 4) is 0 Å². The zero-order valence-corrected chi connectivity index (χ0v) is 15.2.